The lowest BCUT2D eigenvalue weighted by molar-refractivity contribution is -0.00917. The number of hydrogen-bond donors (Lipinski definition) is 0. The fraction of sp³-hybridized carbons (Fsp3) is 0.562. The van der Waals surface area contributed by atoms with E-state index in [1.807, 2.05) is 6.07 Å². The van der Waals surface area contributed by atoms with Gasteiger partial charge in [0.05, 0.1) is 18.3 Å². The van der Waals surface area contributed by atoms with Gasteiger partial charge in [-0.3, -0.25) is 0 Å². The Hall–Kier alpha value is -1.40. The second-order valence-corrected chi connectivity index (χ2v) is 5.78. The molecule has 1 aliphatic rings. The molecule has 0 heterocycles. The van der Waals surface area contributed by atoms with Crippen LogP contribution in [-0.2, 0) is 11.3 Å². The number of hydrogen-bond acceptors (Lipinski definition) is 2. The molecule has 0 saturated heterocycles. The van der Waals surface area contributed by atoms with Gasteiger partial charge in [-0.1, -0.05) is 19.9 Å². The maximum absolute atomic E-state index is 13.2. The Balaban J connectivity index is 1.93. The molecule has 0 spiro atoms. The third-order valence-electron chi connectivity index (χ3n) is 3.77. The van der Waals surface area contributed by atoms with Gasteiger partial charge in [-0.25, -0.2) is 4.39 Å². The van der Waals surface area contributed by atoms with E-state index in [1.54, 1.807) is 12.1 Å². The average molecular weight is 261 g/mol. The van der Waals surface area contributed by atoms with E-state index in [9.17, 15) is 4.39 Å². The van der Waals surface area contributed by atoms with E-state index in [1.165, 1.54) is 12.5 Å². The lowest BCUT2D eigenvalue weighted by Crippen LogP contribution is -2.26. The van der Waals surface area contributed by atoms with Gasteiger partial charge in [-0.15, -0.1) is 0 Å². The van der Waals surface area contributed by atoms with Gasteiger partial charge in [0.15, 0.2) is 0 Å². The van der Waals surface area contributed by atoms with Crippen LogP contribution in [0.5, 0.6) is 0 Å². The average Bonchev–Trinajstić information content (AvgIpc) is 2.36. The summed E-state index contributed by atoms with van der Waals surface area (Å²) in [6.07, 6.45) is 3.75. The number of rotatable bonds is 3. The van der Waals surface area contributed by atoms with E-state index in [2.05, 4.69) is 13.8 Å². The molecule has 19 heavy (non-hydrogen) atoms. The maximum atomic E-state index is 13.2. The van der Waals surface area contributed by atoms with Crippen LogP contribution in [0.15, 0.2) is 18.2 Å². The van der Waals surface area contributed by atoms with Crippen molar-refractivity contribution in [2.75, 3.05) is 0 Å². The van der Waals surface area contributed by atoms with Crippen LogP contribution in [0.1, 0.15) is 44.2 Å². The Bertz CT molecular complexity index is 470. The molecule has 0 N–H and O–H groups in total. The maximum Gasteiger partial charge on any atom is 0.140 e. The van der Waals surface area contributed by atoms with Gasteiger partial charge in [0.1, 0.15) is 11.9 Å². The van der Waals surface area contributed by atoms with E-state index >= 15 is 0 Å². The third kappa shape index (κ3) is 3.78. The number of nitriles is 1. The molecule has 0 radical (unpaired) electrons. The number of benzene rings is 1. The third-order valence-corrected chi connectivity index (χ3v) is 3.77. The fourth-order valence-corrected chi connectivity index (χ4v) is 2.97. The van der Waals surface area contributed by atoms with Crippen molar-refractivity contribution >= 4 is 0 Å². The highest BCUT2D eigenvalue weighted by atomic mass is 19.1. The van der Waals surface area contributed by atoms with Gasteiger partial charge in [0.2, 0.25) is 0 Å². The summed E-state index contributed by atoms with van der Waals surface area (Å²) in [5.41, 5.74) is 0.954. The van der Waals surface area contributed by atoms with E-state index in [0.29, 0.717) is 18.4 Å². The molecule has 0 aliphatic heterocycles. The summed E-state index contributed by atoms with van der Waals surface area (Å²) in [5, 5.41) is 8.80. The van der Waals surface area contributed by atoms with Crippen molar-refractivity contribution in [3.05, 3.63) is 35.1 Å². The van der Waals surface area contributed by atoms with Crippen LogP contribution < -0.4 is 0 Å². The highest BCUT2D eigenvalue weighted by Gasteiger charge is 2.24. The summed E-state index contributed by atoms with van der Waals surface area (Å²) >= 11 is 0. The second-order valence-electron chi connectivity index (χ2n) is 5.78. The van der Waals surface area contributed by atoms with Crippen LogP contribution in [0.4, 0.5) is 4.39 Å². The Labute approximate surface area is 114 Å². The smallest absolute Gasteiger partial charge is 0.140 e. The molecule has 0 amide bonds. The van der Waals surface area contributed by atoms with Gasteiger partial charge < -0.3 is 4.74 Å². The minimum absolute atomic E-state index is 0.0893. The predicted octanol–water partition coefficient (Wildman–Crippen LogP) is 4.04. The Morgan fingerprint density at radius 3 is 2.58 bits per heavy atom. The first-order chi connectivity index (χ1) is 9.08. The summed E-state index contributed by atoms with van der Waals surface area (Å²) in [6.45, 7) is 4.98. The molecule has 102 valence electrons. The SMILES string of the molecule is CC1CC(C)CC(OCc2ccc(F)c(C#N)c2)C1. The van der Waals surface area contributed by atoms with Crippen LogP contribution in [-0.4, -0.2) is 6.10 Å². The molecular formula is C16H20FNO. The zero-order chi connectivity index (χ0) is 13.8. The standard InChI is InChI=1S/C16H20FNO/c1-11-5-12(2)7-15(6-11)19-10-13-3-4-16(17)14(8-13)9-18/h3-4,8,11-12,15H,5-7,10H2,1-2H3. The monoisotopic (exact) mass is 261 g/mol. The van der Waals surface area contributed by atoms with Gasteiger partial charge in [0.25, 0.3) is 0 Å². The highest BCUT2D eigenvalue weighted by Crippen LogP contribution is 2.30. The molecule has 2 nitrogen and oxygen atoms in total. The number of halogens is 1. The first-order valence-corrected chi connectivity index (χ1v) is 6.88. The molecule has 3 heteroatoms. The molecule has 2 atom stereocenters. The van der Waals surface area contributed by atoms with E-state index in [0.717, 1.165) is 18.4 Å². The first kappa shape index (κ1) is 14.0. The normalized spacial score (nSPS) is 26.9. The second kappa shape index (κ2) is 6.16. The lowest BCUT2D eigenvalue weighted by atomic mass is 9.82. The Kier molecular flexibility index (Phi) is 4.55. The van der Waals surface area contributed by atoms with Crippen molar-refractivity contribution in [1.29, 1.82) is 5.26 Å². The van der Waals surface area contributed by atoms with Crippen molar-refractivity contribution < 1.29 is 9.13 Å². The van der Waals surface area contributed by atoms with Gasteiger partial charge in [-0.05, 0) is 48.8 Å². The van der Waals surface area contributed by atoms with E-state index in [-0.39, 0.29) is 11.7 Å². The van der Waals surface area contributed by atoms with Crippen molar-refractivity contribution in [2.45, 2.75) is 45.8 Å². The van der Waals surface area contributed by atoms with Crippen LogP contribution in [0.25, 0.3) is 0 Å². The summed E-state index contributed by atoms with van der Waals surface area (Å²) in [7, 11) is 0. The first-order valence-electron chi connectivity index (χ1n) is 6.88. The summed E-state index contributed by atoms with van der Waals surface area (Å²) in [6, 6.07) is 6.45. The Morgan fingerprint density at radius 1 is 1.26 bits per heavy atom. The topological polar surface area (TPSA) is 33.0 Å². The number of nitrogens with zero attached hydrogens (tertiary/aromatic N) is 1. The lowest BCUT2D eigenvalue weighted by Gasteiger charge is -2.31. The largest absolute Gasteiger partial charge is 0.374 e. The minimum atomic E-state index is -0.467. The van der Waals surface area contributed by atoms with Crippen molar-refractivity contribution in [3.63, 3.8) is 0 Å². The zero-order valence-electron chi connectivity index (χ0n) is 11.5. The molecule has 1 aromatic carbocycles. The number of ether oxygens (including phenoxy) is 1. The van der Waals surface area contributed by atoms with Crippen molar-refractivity contribution in [3.8, 4) is 6.07 Å². The van der Waals surface area contributed by atoms with E-state index < -0.39 is 5.82 Å². The predicted molar refractivity (Wildman–Crippen MR) is 71.9 cm³/mol. The molecule has 2 rings (SSSR count). The minimum Gasteiger partial charge on any atom is -0.374 e. The molecule has 1 saturated carbocycles. The zero-order valence-corrected chi connectivity index (χ0v) is 11.5. The molecule has 0 aromatic heterocycles. The van der Waals surface area contributed by atoms with Crippen molar-refractivity contribution in [2.24, 2.45) is 11.8 Å². The van der Waals surface area contributed by atoms with Crippen LogP contribution in [0, 0.1) is 29.0 Å². The van der Waals surface area contributed by atoms with Crippen molar-refractivity contribution in [1.82, 2.24) is 0 Å². The molecule has 1 aliphatic carbocycles. The molecule has 2 unspecified atom stereocenters. The quantitative estimate of drug-likeness (QED) is 0.822. The molecular weight excluding hydrogens is 241 g/mol. The van der Waals surface area contributed by atoms with E-state index in [4.69, 9.17) is 10.00 Å². The fourth-order valence-electron chi connectivity index (χ4n) is 2.97. The summed E-state index contributed by atoms with van der Waals surface area (Å²) < 4.78 is 19.1. The summed E-state index contributed by atoms with van der Waals surface area (Å²) in [4.78, 5) is 0. The molecule has 1 fully saturated rings. The summed E-state index contributed by atoms with van der Waals surface area (Å²) in [5.74, 6) is 0.944. The van der Waals surface area contributed by atoms with Gasteiger partial charge in [-0.2, -0.15) is 5.26 Å². The molecule has 1 aromatic rings. The van der Waals surface area contributed by atoms with Crippen LogP contribution >= 0.6 is 0 Å². The molecule has 0 bridgehead atoms. The van der Waals surface area contributed by atoms with Crippen LogP contribution in [0.2, 0.25) is 0 Å². The van der Waals surface area contributed by atoms with Gasteiger partial charge in [0, 0.05) is 0 Å². The highest BCUT2D eigenvalue weighted by molar-refractivity contribution is 5.34. The van der Waals surface area contributed by atoms with Crippen LogP contribution in [0.3, 0.4) is 0 Å². The Morgan fingerprint density at radius 2 is 1.95 bits per heavy atom. The van der Waals surface area contributed by atoms with Gasteiger partial charge >= 0.3 is 0 Å².